The van der Waals surface area contributed by atoms with Gasteiger partial charge in [0.2, 0.25) is 0 Å². The van der Waals surface area contributed by atoms with Gasteiger partial charge in [0.25, 0.3) is 0 Å². The highest BCUT2D eigenvalue weighted by Gasteiger charge is 2.15. The van der Waals surface area contributed by atoms with Crippen LogP contribution in [0, 0.1) is 0 Å². The van der Waals surface area contributed by atoms with Gasteiger partial charge in [-0.15, -0.1) is 3.63 Å². The van der Waals surface area contributed by atoms with Crippen LogP contribution in [-0.2, 0) is 24.4 Å². The largest absolute Gasteiger partial charge is 0.413 e. The maximum Gasteiger partial charge on any atom is 0.413 e. The van der Waals surface area contributed by atoms with Crippen molar-refractivity contribution in [3.8, 4) is 0 Å². The summed E-state index contributed by atoms with van der Waals surface area (Å²) < 4.78 is 55.6. The molecule has 0 aliphatic carbocycles. The molecule has 0 fully saturated rings. The molecule has 1 rings (SSSR count). The molecular formula is C6H18N2O9S2. The van der Waals surface area contributed by atoms with E-state index in [0.29, 0.717) is 0 Å². The molecule has 0 amide bonds. The topological polar surface area (TPSA) is 205 Å². The fourth-order valence-corrected chi connectivity index (χ4v) is 1.83. The van der Waals surface area contributed by atoms with Gasteiger partial charge in [0.15, 0.2) is 0 Å². The van der Waals surface area contributed by atoms with Crippen molar-refractivity contribution in [1.29, 1.82) is 0 Å². The van der Waals surface area contributed by atoms with Crippen LogP contribution in [0.2, 0.25) is 0 Å². The standard InChI is InChI=1S/C6H12N2.H2O7S2.2H2O/c1-2-3-6-7-4-5-8-6;1-8(2,3)7-9(4,5)6;;/h2-5H2,1H3,(H,7,8);(H,1,2,3)(H,4,5,6);2*1H2. The van der Waals surface area contributed by atoms with Crippen LogP contribution < -0.4 is 5.32 Å². The molecule has 0 saturated heterocycles. The molecule has 7 N–H and O–H groups in total. The minimum atomic E-state index is -5.12. The van der Waals surface area contributed by atoms with E-state index in [1.54, 1.807) is 0 Å². The van der Waals surface area contributed by atoms with Gasteiger partial charge in [0.05, 0.1) is 12.4 Å². The zero-order chi connectivity index (χ0) is 13.5. The Labute approximate surface area is 111 Å². The van der Waals surface area contributed by atoms with Crippen LogP contribution in [0.3, 0.4) is 0 Å². The average Bonchev–Trinajstić information content (AvgIpc) is 2.51. The predicted molar refractivity (Wildman–Crippen MR) is 66.6 cm³/mol. The van der Waals surface area contributed by atoms with Gasteiger partial charge in [-0.3, -0.25) is 14.1 Å². The fourth-order valence-electron chi connectivity index (χ4n) is 0.960. The Morgan fingerprint density at radius 2 is 1.68 bits per heavy atom. The molecule has 0 aromatic rings. The van der Waals surface area contributed by atoms with E-state index in [4.69, 9.17) is 9.11 Å². The number of nitrogens with one attached hydrogen (secondary N) is 1. The van der Waals surface area contributed by atoms with Crippen LogP contribution in [0.5, 0.6) is 0 Å². The van der Waals surface area contributed by atoms with Gasteiger partial charge in [-0.2, -0.15) is 16.8 Å². The van der Waals surface area contributed by atoms with Crippen molar-refractivity contribution in [2.24, 2.45) is 4.99 Å². The van der Waals surface area contributed by atoms with E-state index in [-0.39, 0.29) is 11.0 Å². The highest BCUT2D eigenvalue weighted by Crippen LogP contribution is 1.93. The molecule has 0 bridgehead atoms. The summed E-state index contributed by atoms with van der Waals surface area (Å²) in [6.07, 6.45) is 2.33. The maximum atomic E-state index is 9.44. The molecule has 0 radical (unpaired) electrons. The van der Waals surface area contributed by atoms with Crippen LogP contribution in [0.1, 0.15) is 19.8 Å². The van der Waals surface area contributed by atoms with E-state index in [9.17, 15) is 16.8 Å². The van der Waals surface area contributed by atoms with Gasteiger partial charge in [-0.05, 0) is 6.42 Å². The molecule has 11 nitrogen and oxygen atoms in total. The Morgan fingerprint density at radius 3 is 1.89 bits per heavy atom. The minimum absolute atomic E-state index is 0. The molecule has 118 valence electrons. The first kappa shape index (κ1) is 23.3. The quantitative estimate of drug-likeness (QED) is 0.479. The first-order valence-corrected chi connectivity index (χ1v) is 7.30. The van der Waals surface area contributed by atoms with Crippen LogP contribution in [-0.4, -0.2) is 55.8 Å². The van der Waals surface area contributed by atoms with Crippen molar-refractivity contribution in [3.05, 3.63) is 0 Å². The zero-order valence-electron chi connectivity index (χ0n) is 10.0. The van der Waals surface area contributed by atoms with E-state index < -0.39 is 20.8 Å². The predicted octanol–water partition coefficient (Wildman–Crippen LogP) is -2.25. The van der Waals surface area contributed by atoms with Gasteiger partial charge in [-0.1, -0.05) is 6.92 Å². The second kappa shape index (κ2) is 10.0. The van der Waals surface area contributed by atoms with Gasteiger partial charge in [0.1, 0.15) is 0 Å². The molecule has 19 heavy (non-hydrogen) atoms. The van der Waals surface area contributed by atoms with Crippen molar-refractivity contribution >= 4 is 26.6 Å². The number of rotatable bonds is 4. The lowest BCUT2D eigenvalue weighted by molar-refractivity contribution is 0.344. The number of amidine groups is 1. The Bertz CT molecular complexity index is 425. The molecule has 0 unspecified atom stereocenters. The average molecular weight is 326 g/mol. The van der Waals surface area contributed by atoms with Crippen LogP contribution in [0.15, 0.2) is 4.99 Å². The summed E-state index contributed by atoms with van der Waals surface area (Å²) in [4.78, 5) is 4.23. The Kier molecular flexibility index (Phi) is 12.3. The second-order valence-electron chi connectivity index (χ2n) is 2.93. The van der Waals surface area contributed by atoms with Gasteiger partial charge >= 0.3 is 20.8 Å². The summed E-state index contributed by atoms with van der Waals surface area (Å²) in [5.74, 6) is 1.20. The monoisotopic (exact) mass is 326 g/mol. The fraction of sp³-hybridized carbons (Fsp3) is 0.833. The summed E-state index contributed by atoms with van der Waals surface area (Å²) in [6, 6.07) is 0. The van der Waals surface area contributed by atoms with Crippen LogP contribution in [0.25, 0.3) is 0 Å². The molecule has 0 atom stereocenters. The molecule has 1 aliphatic heterocycles. The smallest absolute Gasteiger partial charge is 0.412 e. The third kappa shape index (κ3) is 17.2. The first-order chi connectivity index (χ1) is 7.64. The van der Waals surface area contributed by atoms with E-state index in [1.165, 1.54) is 12.3 Å². The number of aliphatic imine (C=N–C) groups is 1. The third-order valence-corrected chi connectivity index (χ3v) is 2.78. The normalized spacial score (nSPS) is 13.9. The molecule has 1 heterocycles. The molecule has 13 heteroatoms. The highest BCUT2D eigenvalue weighted by atomic mass is 32.3. The SMILES string of the molecule is CCCC1=NCCN1.O.O.O=S(=O)(O)OS(=O)(=O)O. The van der Waals surface area contributed by atoms with Crippen molar-refractivity contribution in [3.63, 3.8) is 0 Å². The third-order valence-electron chi connectivity index (χ3n) is 1.40. The van der Waals surface area contributed by atoms with E-state index in [1.807, 2.05) is 0 Å². The summed E-state index contributed by atoms with van der Waals surface area (Å²) in [6.45, 7) is 4.20. The summed E-state index contributed by atoms with van der Waals surface area (Å²) in [5.41, 5.74) is 0. The van der Waals surface area contributed by atoms with Gasteiger partial charge < -0.3 is 16.3 Å². The van der Waals surface area contributed by atoms with Gasteiger partial charge in [0, 0.05) is 13.0 Å². The first-order valence-electron chi connectivity index (χ1n) is 4.57. The molecule has 0 saturated carbocycles. The van der Waals surface area contributed by atoms with Crippen molar-refractivity contribution < 1.29 is 40.5 Å². The van der Waals surface area contributed by atoms with Crippen LogP contribution in [0.4, 0.5) is 0 Å². The molecular weight excluding hydrogens is 308 g/mol. The number of nitrogens with zero attached hydrogens (tertiary/aromatic N) is 1. The van der Waals surface area contributed by atoms with E-state index in [2.05, 4.69) is 20.9 Å². The van der Waals surface area contributed by atoms with E-state index >= 15 is 0 Å². The van der Waals surface area contributed by atoms with Gasteiger partial charge in [-0.25, -0.2) is 0 Å². The van der Waals surface area contributed by atoms with Crippen molar-refractivity contribution in [1.82, 2.24) is 5.32 Å². The van der Waals surface area contributed by atoms with Crippen molar-refractivity contribution in [2.45, 2.75) is 19.8 Å². The Morgan fingerprint density at radius 1 is 1.21 bits per heavy atom. The molecule has 0 aromatic heterocycles. The van der Waals surface area contributed by atoms with Crippen LogP contribution >= 0.6 is 0 Å². The summed E-state index contributed by atoms with van der Waals surface area (Å²) >= 11 is 0. The zero-order valence-corrected chi connectivity index (χ0v) is 11.7. The second-order valence-corrected chi connectivity index (χ2v) is 5.18. The lowest BCUT2D eigenvalue weighted by Gasteiger charge is -1.95. The summed E-state index contributed by atoms with van der Waals surface area (Å²) in [5, 5.41) is 3.21. The number of hydrogen-bond acceptors (Lipinski definition) is 7. The Balaban J connectivity index is -0.000000244. The lowest BCUT2D eigenvalue weighted by Crippen LogP contribution is -2.17. The highest BCUT2D eigenvalue weighted by molar-refractivity contribution is 7.94. The maximum absolute atomic E-state index is 9.44. The Hall–Kier alpha value is -0.830. The molecule has 0 aromatic carbocycles. The van der Waals surface area contributed by atoms with Crippen molar-refractivity contribution in [2.75, 3.05) is 13.1 Å². The molecule has 1 aliphatic rings. The minimum Gasteiger partial charge on any atom is -0.412 e. The molecule has 0 spiro atoms. The lowest BCUT2D eigenvalue weighted by atomic mass is 10.3. The summed E-state index contributed by atoms with van der Waals surface area (Å²) in [7, 11) is -10.2. The number of hydrogen-bond donors (Lipinski definition) is 3. The van der Waals surface area contributed by atoms with E-state index in [0.717, 1.165) is 19.5 Å².